The molecule has 0 unspecified atom stereocenters. The standard InChI is InChI=1S/C14H12O2/c1-2-10-15-11-13-8-9-14(16-13)12-6-4-3-5-7-12/h1,3-9H,10-11H2. The number of terminal acetylenes is 1. The number of hydrogen-bond donors (Lipinski definition) is 0. The maximum atomic E-state index is 5.62. The third-order valence-electron chi connectivity index (χ3n) is 2.15. The Labute approximate surface area is 94.9 Å². The van der Waals surface area contributed by atoms with Crippen LogP contribution in [0.1, 0.15) is 5.76 Å². The summed E-state index contributed by atoms with van der Waals surface area (Å²) in [7, 11) is 0. The first-order valence-corrected chi connectivity index (χ1v) is 5.05. The fraction of sp³-hybridized carbons (Fsp3) is 0.143. The Balaban J connectivity index is 2.06. The van der Waals surface area contributed by atoms with Gasteiger partial charge < -0.3 is 9.15 Å². The molecule has 0 saturated heterocycles. The lowest BCUT2D eigenvalue weighted by Crippen LogP contribution is -1.90. The van der Waals surface area contributed by atoms with Gasteiger partial charge in [0.05, 0.1) is 0 Å². The molecule has 80 valence electrons. The van der Waals surface area contributed by atoms with E-state index in [1.807, 2.05) is 42.5 Å². The van der Waals surface area contributed by atoms with Crippen molar-refractivity contribution in [2.24, 2.45) is 0 Å². The summed E-state index contributed by atoms with van der Waals surface area (Å²) in [5.41, 5.74) is 1.06. The smallest absolute Gasteiger partial charge is 0.134 e. The first-order chi connectivity index (χ1) is 7.90. The maximum Gasteiger partial charge on any atom is 0.134 e. The topological polar surface area (TPSA) is 22.4 Å². The normalized spacial score (nSPS) is 9.94. The van der Waals surface area contributed by atoms with Gasteiger partial charge in [0.15, 0.2) is 0 Å². The predicted octanol–water partition coefficient (Wildman–Crippen LogP) is 3.10. The van der Waals surface area contributed by atoms with E-state index in [-0.39, 0.29) is 0 Å². The number of furan rings is 1. The molecule has 2 nitrogen and oxygen atoms in total. The Kier molecular flexibility index (Phi) is 3.42. The van der Waals surface area contributed by atoms with E-state index in [4.69, 9.17) is 15.6 Å². The van der Waals surface area contributed by atoms with Crippen molar-refractivity contribution in [3.05, 3.63) is 48.2 Å². The van der Waals surface area contributed by atoms with Crippen LogP contribution in [0.2, 0.25) is 0 Å². The van der Waals surface area contributed by atoms with Gasteiger partial charge in [0, 0.05) is 5.56 Å². The summed E-state index contributed by atoms with van der Waals surface area (Å²) >= 11 is 0. The lowest BCUT2D eigenvalue weighted by Gasteiger charge is -1.97. The molecule has 0 fully saturated rings. The van der Waals surface area contributed by atoms with Gasteiger partial charge in [0.2, 0.25) is 0 Å². The summed E-state index contributed by atoms with van der Waals surface area (Å²) < 4.78 is 10.8. The number of ether oxygens (including phenoxy) is 1. The van der Waals surface area contributed by atoms with Crippen LogP contribution in [0.4, 0.5) is 0 Å². The van der Waals surface area contributed by atoms with Gasteiger partial charge in [-0.25, -0.2) is 0 Å². The minimum Gasteiger partial charge on any atom is -0.459 e. The average Bonchev–Trinajstić information content (AvgIpc) is 2.79. The molecule has 1 heterocycles. The Morgan fingerprint density at radius 2 is 1.94 bits per heavy atom. The lowest BCUT2D eigenvalue weighted by atomic mass is 10.2. The van der Waals surface area contributed by atoms with Crippen molar-refractivity contribution in [3.63, 3.8) is 0 Å². The second kappa shape index (κ2) is 5.20. The highest BCUT2D eigenvalue weighted by atomic mass is 16.5. The minimum atomic E-state index is 0.307. The minimum absolute atomic E-state index is 0.307. The molecule has 2 heteroatoms. The molecule has 16 heavy (non-hydrogen) atoms. The Hall–Kier alpha value is -1.98. The van der Waals surface area contributed by atoms with Crippen molar-refractivity contribution in [2.75, 3.05) is 6.61 Å². The first kappa shape index (κ1) is 10.5. The van der Waals surface area contributed by atoms with E-state index < -0.39 is 0 Å². The molecule has 0 spiro atoms. The van der Waals surface area contributed by atoms with Gasteiger partial charge in [0.25, 0.3) is 0 Å². The van der Waals surface area contributed by atoms with E-state index in [0.29, 0.717) is 13.2 Å². The molecule has 2 aromatic rings. The van der Waals surface area contributed by atoms with Gasteiger partial charge in [0.1, 0.15) is 24.7 Å². The van der Waals surface area contributed by atoms with Crippen LogP contribution in [-0.2, 0) is 11.3 Å². The van der Waals surface area contributed by atoms with Crippen molar-refractivity contribution < 1.29 is 9.15 Å². The SMILES string of the molecule is C#CCOCc1ccc(-c2ccccc2)o1. The van der Waals surface area contributed by atoms with Gasteiger partial charge >= 0.3 is 0 Å². The third kappa shape index (κ3) is 2.53. The number of benzene rings is 1. The monoisotopic (exact) mass is 212 g/mol. The van der Waals surface area contributed by atoms with Crippen LogP contribution in [0, 0.1) is 12.3 Å². The molecule has 0 amide bonds. The van der Waals surface area contributed by atoms with Crippen LogP contribution in [-0.4, -0.2) is 6.61 Å². The van der Waals surface area contributed by atoms with Gasteiger partial charge in [-0.3, -0.25) is 0 Å². The average molecular weight is 212 g/mol. The second-order valence-corrected chi connectivity index (χ2v) is 3.33. The molecule has 0 bridgehead atoms. The van der Waals surface area contributed by atoms with E-state index in [0.717, 1.165) is 17.1 Å². The van der Waals surface area contributed by atoms with Crippen LogP contribution in [0.15, 0.2) is 46.9 Å². The summed E-state index contributed by atoms with van der Waals surface area (Å²) in [6.45, 7) is 0.721. The molecule has 0 aliphatic carbocycles. The fourth-order valence-corrected chi connectivity index (χ4v) is 1.42. The molecule has 0 saturated carbocycles. The van der Waals surface area contributed by atoms with E-state index >= 15 is 0 Å². The highest BCUT2D eigenvalue weighted by Gasteiger charge is 2.03. The molecule has 2 rings (SSSR count). The zero-order valence-corrected chi connectivity index (χ0v) is 8.85. The first-order valence-electron chi connectivity index (χ1n) is 5.05. The van der Waals surface area contributed by atoms with Gasteiger partial charge in [-0.1, -0.05) is 36.3 Å². The number of rotatable bonds is 4. The zero-order valence-electron chi connectivity index (χ0n) is 8.85. The van der Waals surface area contributed by atoms with E-state index in [9.17, 15) is 0 Å². The molecule has 0 atom stereocenters. The van der Waals surface area contributed by atoms with Crippen molar-refractivity contribution in [3.8, 4) is 23.7 Å². The third-order valence-corrected chi connectivity index (χ3v) is 2.15. The summed E-state index contributed by atoms with van der Waals surface area (Å²) in [6.07, 6.45) is 5.08. The van der Waals surface area contributed by atoms with Gasteiger partial charge in [-0.2, -0.15) is 0 Å². The maximum absolute atomic E-state index is 5.62. The lowest BCUT2D eigenvalue weighted by molar-refractivity contribution is 0.136. The van der Waals surface area contributed by atoms with E-state index in [1.165, 1.54) is 0 Å². The van der Waals surface area contributed by atoms with E-state index in [1.54, 1.807) is 0 Å². The van der Waals surface area contributed by atoms with Crippen LogP contribution in [0.5, 0.6) is 0 Å². The molecule has 0 radical (unpaired) electrons. The quantitative estimate of drug-likeness (QED) is 0.574. The van der Waals surface area contributed by atoms with Gasteiger partial charge in [-0.05, 0) is 12.1 Å². The largest absolute Gasteiger partial charge is 0.459 e. The van der Waals surface area contributed by atoms with Crippen LogP contribution in [0.25, 0.3) is 11.3 Å². The molecule has 1 aromatic carbocycles. The Bertz CT molecular complexity index is 477. The Morgan fingerprint density at radius 1 is 1.12 bits per heavy atom. The number of hydrogen-bond acceptors (Lipinski definition) is 2. The van der Waals surface area contributed by atoms with Crippen molar-refractivity contribution >= 4 is 0 Å². The van der Waals surface area contributed by atoms with Crippen molar-refractivity contribution in [1.82, 2.24) is 0 Å². The highest BCUT2D eigenvalue weighted by molar-refractivity contribution is 5.57. The second-order valence-electron chi connectivity index (χ2n) is 3.33. The van der Waals surface area contributed by atoms with E-state index in [2.05, 4.69) is 5.92 Å². The molecule has 0 aliphatic heterocycles. The molecule has 0 aliphatic rings. The van der Waals surface area contributed by atoms with Crippen LogP contribution >= 0.6 is 0 Å². The van der Waals surface area contributed by atoms with Crippen LogP contribution < -0.4 is 0 Å². The molecular formula is C14H12O2. The van der Waals surface area contributed by atoms with Gasteiger partial charge in [-0.15, -0.1) is 6.42 Å². The zero-order chi connectivity index (χ0) is 11.2. The fourth-order valence-electron chi connectivity index (χ4n) is 1.42. The summed E-state index contributed by atoms with van der Waals surface area (Å²) in [5, 5.41) is 0. The molecule has 1 aromatic heterocycles. The Morgan fingerprint density at radius 3 is 2.69 bits per heavy atom. The van der Waals surface area contributed by atoms with Crippen molar-refractivity contribution in [1.29, 1.82) is 0 Å². The summed E-state index contributed by atoms with van der Waals surface area (Å²) in [6, 6.07) is 13.8. The molecular weight excluding hydrogens is 200 g/mol. The predicted molar refractivity (Wildman–Crippen MR) is 62.6 cm³/mol. The van der Waals surface area contributed by atoms with Crippen molar-refractivity contribution in [2.45, 2.75) is 6.61 Å². The highest BCUT2D eigenvalue weighted by Crippen LogP contribution is 2.21. The van der Waals surface area contributed by atoms with Crippen LogP contribution in [0.3, 0.4) is 0 Å². The summed E-state index contributed by atoms with van der Waals surface area (Å²) in [5.74, 6) is 4.05. The summed E-state index contributed by atoms with van der Waals surface area (Å²) in [4.78, 5) is 0. The molecule has 0 N–H and O–H groups in total.